The molecule has 0 radical (unpaired) electrons. The van der Waals surface area contributed by atoms with Crippen LogP contribution in [0.1, 0.15) is 5.82 Å². The minimum absolute atomic E-state index is 0.573. The van der Waals surface area contributed by atoms with E-state index in [0.717, 1.165) is 15.6 Å². The predicted molar refractivity (Wildman–Crippen MR) is 55.9 cm³/mol. The van der Waals surface area contributed by atoms with E-state index in [4.69, 9.17) is 0 Å². The summed E-state index contributed by atoms with van der Waals surface area (Å²) in [4.78, 5) is 4.19. The van der Waals surface area contributed by atoms with Crippen molar-refractivity contribution in [3.63, 3.8) is 0 Å². The number of nitrogens with zero attached hydrogens (tertiary/aromatic N) is 5. The van der Waals surface area contributed by atoms with Gasteiger partial charge in [-0.05, 0) is 26.4 Å². The molecule has 0 atom stereocenters. The van der Waals surface area contributed by atoms with Crippen molar-refractivity contribution in [3.05, 3.63) is 15.8 Å². The van der Waals surface area contributed by atoms with Crippen LogP contribution in [-0.2, 0) is 13.6 Å². The topological polar surface area (TPSA) is 68.5 Å². The monoisotopic (exact) mass is 274 g/mol. The maximum atomic E-state index is 4.19. The summed E-state index contributed by atoms with van der Waals surface area (Å²) in [6.07, 6.45) is 0. The van der Waals surface area contributed by atoms with Crippen LogP contribution in [0.15, 0.2) is 9.98 Å². The number of anilines is 1. The lowest BCUT2D eigenvalue weighted by atomic mass is 10.6. The molecule has 2 rings (SSSR count). The van der Waals surface area contributed by atoms with Gasteiger partial charge in [0.25, 0.3) is 0 Å². The van der Waals surface area contributed by atoms with Crippen LogP contribution in [0.25, 0.3) is 0 Å². The molecule has 0 aromatic carbocycles. The Kier molecular flexibility index (Phi) is 2.73. The first-order chi connectivity index (χ1) is 6.75. The SMILES string of the molecule is Cn1nnnc1CNc1nc(Br)cs1. The van der Waals surface area contributed by atoms with Crippen LogP contribution in [0.2, 0.25) is 0 Å². The molecule has 0 saturated carbocycles. The highest BCUT2D eigenvalue weighted by atomic mass is 79.9. The van der Waals surface area contributed by atoms with Gasteiger partial charge in [0.2, 0.25) is 0 Å². The third-order valence-corrected chi connectivity index (χ3v) is 3.09. The Morgan fingerprint density at radius 3 is 3.07 bits per heavy atom. The molecule has 1 N–H and O–H groups in total. The quantitative estimate of drug-likeness (QED) is 0.906. The average molecular weight is 275 g/mol. The van der Waals surface area contributed by atoms with Crippen molar-refractivity contribution >= 4 is 32.4 Å². The zero-order chi connectivity index (χ0) is 9.97. The van der Waals surface area contributed by atoms with E-state index >= 15 is 0 Å². The molecule has 0 aliphatic carbocycles. The maximum absolute atomic E-state index is 4.19. The Labute approximate surface area is 92.5 Å². The Hall–Kier alpha value is -1.02. The molecule has 2 aromatic rings. The first kappa shape index (κ1) is 9.53. The minimum Gasteiger partial charge on any atom is -0.354 e. The molecule has 8 heteroatoms. The number of hydrogen-bond donors (Lipinski definition) is 1. The van der Waals surface area contributed by atoms with Crippen LogP contribution in [0.5, 0.6) is 0 Å². The lowest BCUT2D eigenvalue weighted by Gasteiger charge is -1.99. The summed E-state index contributed by atoms with van der Waals surface area (Å²) in [5.41, 5.74) is 0. The molecule has 2 aromatic heterocycles. The zero-order valence-corrected chi connectivity index (χ0v) is 9.71. The first-order valence-corrected chi connectivity index (χ1v) is 5.49. The standard InChI is InChI=1S/C6H7BrN6S/c1-13-5(10-11-12-13)2-8-6-9-4(7)3-14-6/h3H,2H2,1H3,(H,8,9). The molecule has 0 fully saturated rings. The van der Waals surface area contributed by atoms with Crippen molar-refractivity contribution in [2.24, 2.45) is 7.05 Å². The highest BCUT2D eigenvalue weighted by molar-refractivity contribution is 9.10. The second-order valence-corrected chi connectivity index (χ2v) is 4.22. The first-order valence-electron chi connectivity index (χ1n) is 3.82. The van der Waals surface area contributed by atoms with Crippen LogP contribution < -0.4 is 5.32 Å². The predicted octanol–water partition coefficient (Wildman–Crippen LogP) is 1.04. The number of rotatable bonds is 3. The normalized spacial score (nSPS) is 10.4. The molecule has 0 unspecified atom stereocenters. The minimum atomic E-state index is 0.573. The number of hydrogen-bond acceptors (Lipinski definition) is 6. The van der Waals surface area contributed by atoms with E-state index in [1.165, 1.54) is 11.3 Å². The Balaban J connectivity index is 1.98. The fraction of sp³-hybridized carbons (Fsp3) is 0.333. The highest BCUT2D eigenvalue weighted by Gasteiger charge is 2.03. The van der Waals surface area contributed by atoms with Gasteiger partial charge in [-0.2, -0.15) is 0 Å². The van der Waals surface area contributed by atoms with Gasteiger partial charge >= 0.3 is 0 Å². The number of tetrazole rings is 1. The van der Waals surface area contributed by atoms with Crippen molar-refractivity contribution in [1.29, 1.82) is 0 Å². The van der Waals surface area contributed by atoms with Crippen molar-refractivity contribution in [3.8, 4) is 0 Å². The van der Waals surface area contributed by atoms with Gasteiger partial charge in [0, 0.05) is 12.4 Å². The van der Waals surface area contributed by atoms with Crippen molar-refractivity contribution < 1.29 is 0 Å². The summed E-state index contributed by atoms with van der Waals surface area (Å²) < 4.78 is 2.46. The van der Waals surface area contributed by atoms with Crippen LogP contribution >= 0.6 is 27.3 Å². The van der Waals surface area contributed by atoms with E-state index in [9.17, 15) is 0 Å². The number of nitrogens with one attached hydrogen (secondary N) is 1. The van der Waals surface area contributed by atoms with Gasteiger partial charge < -0.3 is 5.32 Å². The van der Waals surface area contributed by atoms with E-state index in [0.29, 0.717) is 6.54 Å². The van der Waals surface area contributed by atoms with E-state index in [2.05, 4.69) is 41.8 Å². The summed E-state index contributed by atoms with van der Waals surface area (Å²) >= 11 is 4.81. The van der Waals surface area contributed by atoms with Crippen molar-refractivity contribution in [1.82, 2.24) is 25.2 Å². The molecule has 0 saturated heterocycles. The smallest absolute Gasteiger partial charge is 0.184 e. The lowest BCUT2D eigenvalue weighted by Crippen LogP contribution is -2.06. The molecular formula is C6H7BrN6S. The second kappa shape index (κ2) is 4.01. The third kappa shape index (κ3) is 2.07. The maximum Gasteiger partial charge on any atom is 0.184 e. The number of aromatic nitrogens is 5. The van der Waals surface area contributed by atoms with E-state index < -0.39 is 0 Å². The third-order valence-electron chi connectivity index (χ3n) is 1.58. The summed E-state index contributed by atoms with van der Waals surface area (Å²) in [6, 6.07) is 0. The van der Waals surface area contributed by atoms with Gasteiger partial charge in [-0.25, -0.2) is 9.67 Å². The largest absolute Gasteiger partial charge is 0.354 e. The molecule has 2 heterocycles. The van der Waals surface area contributed by atoms with Crippen LogP contribution in [0, 0.1) is 0 Å². The zero-order valence-electron chi connectivity index (χ0n) is 7.31. The van der Waals surface area contributed by atoms with E-state index in [1.54, 1.807) is 11.7 Å². The number of aryl methyl sites for hydroxylation is 1. The molecule has 0 bridgehead atoms. The molecule has 6 nitrogen and oxygen atoms in total. The second-order valence-electron chi connectivity index (χ2n) is 2.55. The summed E-state index contributed by atoms with van der Waals surface area (Å²) in [7, 11) is 1.80. The summed E-state index contributed by atoms with van der Waals surface area (Å²) in [5.74, 6) is 0.774. The fourth-order valence-corrected chi connectivity index (χ4v) is 2.03. The fourth-order valence-electron chi connectivity index (χ4n) is 0.888. The molecule has 0 amide bonds. The van der Waals surface area contributed by atoms with Gasteiger partial charge in [-0.1, -0.05) is 0 Å². The van der Waals surface area contributed by atoms with Crippen LogP contribution in [-0.4, -0.2) is 25.2 Å². The van der Waals surface area contributed by atoms with Crippen LogP contribution in [0.4, 0.5) is 5.13 Å². The van der Waals surface area contributed by atoms with Crippen LogP contribution in [0.3, 0.4) is 0 Å². The van der Waals surface area contributed by atoms with Crippen molar-refractivity contribution in [2.75, 3.05) is 5.32 Å². The molecular weight excluding hydrogens is 268 g/mol. The Bertz CT molecular complexity index is 423. The highest BCUT2D eigenvalue weighted by Crippen LogP contribution is 2.19. The molecule has 0 spiro atoms. The number of thiazole rings is 1. The van der Waals surface area contributed by atoms with Crippen molar-refractivity contribution in [2.45, 2.75) is 6.54 Å². The van der Waals surface area contributed by atoms with E-state index in [1.807, 2.05) is 5.38 Å². The lowest BCUT2D eigenvalue weighted by molar-refractivity contribution is 0.683. The molecule has 74 valence electrons. The Morgan fingerprint density at radius 2 is 2.50 bits per heavy atom. The number of halogens is 1. The summed E-state index contributed by atoms with van der Waals surface area (Å²) in [5, 5.41) is 17.0. The van der Waals surface area contributed by atoms with Gasteiger partial charge in [-0.15, -0.1) is 16.4 Å². The van der Waals surface area contributed by atoms with Gasteiger partial charge in [-0.3, -0.25) is 0 Å². The molecule has 14 heavy (non-hydrogen) atoms. The van der Waals surface area contributed by atoms with Gasteiger partial charge in [0.05, 0.1) is 6.54 Å². The van der Waals surface area contributed by atoms with Gasteiger partial charge in [0.1, 0.15) is 4.60 Å². The molecule has 0 aliphatic rings. The summed E-state index contributed by atoms with van der Waals surface area (Å²) in [6.45, 7) is 0.573. The average Bonchev–Trinajstić information content (AvgIpc) is 2.72. The van der Waals surface area contributed by atoms with Gasteiger partial charge in [0.15, 0.2) is 11.0 Å². The van der Waals surface area contributed by atoms with E-state index in [-0.39, 0.29) is 0 Å². The Morgan fingerprint density at radius 1 is 1.64 bits per heavy atom. The molecule has 0 aliphatic heterocycles.